The number of rotatable bonds is 3. The second-order valence-electron chi connectivity index (χ2n) is 4.90. The van der Waals surface area contributed by atoms with E-state index in [0.717, 1.165) is 24.1 Å². The van der Waals surface area contributed by atoms with Crippen LogP contribution < -0.4 is 0 Å². The lowest BCUT2D eigenvalue weighted by Crippen LogP contribution is -2.37. The lowest BCUT2D eigenvalue weighted by molar-refractivity contribution is 0.0742. The van der Waals surface area contributed by atoms with Crippen molar-refractivity contribution in [1.82, 2.24) is 14.7 Å². The molecule has 2 aromatic rings. The lowest BCUT2D eigenvalue weighted by atomic mass is 10.1. The van der Waals surface area contributed by atoms with Crippen LogP contribution in [0.3, 0.4) is 0 Å². The molecule has 1 aromatic carbocycles. The van der Waals surface area contributed by atoms with Gasteiger partial charge in [0.25, 0.3) is 5.91 Å². The summed E-state index contributed by atoms with van der Waals surface area (Å²) in [5, 5.41) is 5.01. The number of nitrogens with zero attached hydrogens (tertiary/aromatic N) is 3. The minimum atomic E-state index is -0.0116. The van der Waals surface area contributed by atoms with E-state index in [1.807, 2.05) is 37.3 Å². The molecule has 0 saturated carbocycles. The number of benzene rings is 1. The van der Waals surface area contributed by atoms with Crippen molar-refractivity contribution in [3.05, 3.63) is 52.3 Å². The van der Waals surface area contributed by atoms with E-state index in [2.05, 4.69) is 5.10 Å². The number of amides is 1. The maximum Gasteiger partial charge on any atom is 0.274 e. The zero-order valence-electron chi connectivity index (χ0n) is 11.3. The number of aromatic nitrogens is 2. The number of likely N-dealkylation sites (N-methyl/N-ethyl adjacent to an activating group) is 1. The standard InChI is InChI=1S/C15H16ClN3O/c1-2-18-9-8-12-13(15(18)20)17-19(14(12)16)10-11-6-4-3-5-7-11/h3-7H,2,8-10H2,1H3. The Morgan fingerprint density at radius 2 is 2.05 bits per heavy atom. The van der Waals surface area contributed by atoms with Gasteiger partial charge in [0.2, 0.25) is 0 Å². The molecule has 0 atom stereocenters. The number of hydrogen-bond acceptors (Lipinski definition) is 2. The smallest absolute Gasteiger partial charge is 0.274 e. The Labute approximate surface area is 123 Å². The van der Waals surface area contributed by atoms with E-state index in [0.29, 0.717) is 23.9 Å². The summed E-state index contributed by atoms with van der Waals surface area (Å²) in [5.41, 5.74) is 2.52. The molecule has 0 spiro atoms. The van der Waals surface area contributed by atoms with Gasteiger partial charge in [-0.05, 0) is 18.9 Å². The third-order valence-corrected chi connectivity index (χ3v) is 4.08. The topological polar surface area (TPSA) is 38.1 Å². The van der Waals surface area contributed by atoms with Crippen LogP contribution in [-0.4, -0.2) is 33.7 Å². The van der Waals surface area contributed by atoms with Crippen LogP contribution in [0.1, 0.15) is 28.5 Å². The summed E-state index contributed by atoms with van der Waals surface area (Å²) in [4.78, 5) is 14.1. The van der Waals surface area contributed by atoms with Gasteiger partial charge in [-0.2, -0.15) is 5.10 Å². The van der Waals surface area contributed by atoms with Gasteiger partial charge in [0.15, 0.2) is 5.69 Å². The summed E-state index contributed by atoms with van der Waals surface area (Å²) in [6.07, 6.45) is 0.780. The second-order valence-corrected chi connectivity index (χ2v) is 5.25. The first-order valence-corrected chi connectivity index (χ1v) is 7.17. The molecule has 104 valence electrons. The molecular formula is C15H16ClN3O. The Kier molecular flexibility index (Phi) is 3.49. The zero-order valence-corrected chi connectivity index (χ0v) is 12.1. The van der Waals surface area contributed by atoms with Crippen molar-refractivity contribution in [1.29, 1.82) is 0 Å². The maximum atomic E-state index is 12.3. The highest BCUT2D eigenvalue weighted by molar-refractivity contribution is 6.31. The first-order valence-electron chi connectivity index (χ1n) is 6.79. The van der Waals surface area contributed by atoms with Crippen LogP contribution in [0, 0.1) is 0 Å². The molecule has 20 heavy (non-hydrogen) atoms. The number of carbonyl (C=O) groups excluding carboxylic acids is 1. The summed E-state index contributed by atoms with van der Waals surface area (Å²) in [6, 6.07) is 9.99. The van der Waals surface area contributed by atoms with Gasteiger partial charge in [-0.3, -0.25) is 4.79 Å². The number of halogens is 1. The van der Waals surface area contributed by atoms with Crippen LogP contribution in [0.15, 0.2) is 30.3 Å². The monoisotopic (exact) mass is 289 g/mol. The van der Waals surface area contributed by atoms with Crippen LogP contribution in [0.5, 0.6) is 0 Å². The normalized spacial score (nSPS) is 14.5. The molecule has 4 nitrogen and oxygen atoms in total. The molecule has 0 bridgehead atoms. The highest BCUT2D eigenvalue weighted by Crippen LogP contribution is 2.26. The van der Waals surface area contributed by atoms with Crippen LogP contribution in [0.4, 0.5) is 0 Å². The molecule has 0 radical (unpaired) electrons. The second kappa shape index (κ2) is 5.29. The Hall–Kier alpha value is -1.81. The highest BCUT2D eigenvalue weighted by Gasteiger charge is 2.29. The Bertz CT molecular complexity index is 636. The Morgan fingerprint density at radius 3 is 2.75 bits per heavy atom. The summed E-state index contributed by atoms with van der Waals surface area (Å²) < 4.78 is 1.72. The summed E-state index contributed by atoms with van der Waals surface area (Å²) in [7, 11) is 0. The fourth-order valence-corrected chi connectivity index (χ4v) is 2.81. The van der Waals surface area contributed by atoms with Gasteiger partial charge >= 0.3 is 0 Å². The average molecular weight is 290 g/mol. The largest absolute Gasteiger partial charge is 0.337 e. The summed E-state index contributed by atoms with van der Waals surface area (Å²) in [6.45, 7) is 4.00. The van der Waals surface area contributed by atoms with Gasteiger partial charge < -0.3 is 4.90 Å². The predicted molar refractivity (Wildman–Crippen MR) is 78.1 cm³/mol. The molecule has 0 aliphatic carbocycles. The van der Waals surface area contributed by atoms with Crippen molar-refractivity contribution in [2.45, 2.75) is 19.9 Å². The van der Waals surface area contributed by atoms with Crippen LogP contribution in [-0.2, 0) is 13.0 Å². The molecule has 0 unspecified atom stereocenters. The molecule has 0 fully saturated rings. The van der Waals surface area contributed by atoms with Gasteiger partial charge in [0.05, 0.1) is 6.54 Å². The molecule has 1 aliphatic heterocycles. The van der Waals surface area contributed by atoms with E-state index in [4.69, 9.17) is 11.6 Å². The fraction of sp³-hybridized carbons (Fsp3) is 0.333. The van der Waals surface area contributed by atoms with Crippen molar-refractivity contribution in [2.24, 2.45) is 0 Å². The SMILES string of the molecule is CCN1CCc2c(nn(Cc3ccccc3)c2Cl)C1=O. The first-order chi connectivity index (χ1) is 9.70. The van der Waals surface area contributed by atoms with Gasteiger partial charge in [-0.25, -0.2) is 4.68 Å². The minimum Gasteiger partial charge on any atom is -0.337 e. The molecule has 1 aliphatic rings. The van der Waals surface area contributed by atoms with Crippen molar-refractivity contribution in [3.8, 4) is 0 Å². The minimum absolute atomic E-state index is 0.0116. The van der Waals surface area contributed by atoms with Crippen molar-refractivity contribution in [3.63, 3.8) is 0 Å². The van der Waals surface area contributed by atoms with Gasteiger partial charge in [-0.15, -0.1) is 0 Å². The summed E-state index contributed by atoms with van der Waals surface area (Å²) in [5.74, 6) is -0.0116. The summed E-state index contributed by atoms with van der Waals surface area (Å²) >= 11 is 6.38. The molecule has 0 N–H and O–H groups in total. The average Bonchev–Trinajstić information content (AvgIpc) is 2.79. The highest BCUT2D eigenvalue weighted by atomic mass is 35.5. The molecule has 5 heteroatoms. The van der Waals surface area contributed by atoms with Gasteiger partial charge in [0, 0.05) is 18.7 Å². The Morgan fingerprint density at radius 1 is 1.30 bits per heavy atom. The van der Waals surface area contributed by atoms with Gasteiger partial charge in [0.1, 0.15) is 5.15 Å². The van der Waals surface area contributed by atoms with Crippen LogP contribution in [0.2, 0.25) is 5.15 Å². The Balaban J connectivity index is 1.94. The number of hydrogen-bond donors (Lipinski definition) is 0. The maximum absolute atomic E-state index is 12.3. The van der Waals surface area contributed by atoms with Gasteiger partial charge in [-0.1, -0.05) is 41.9 Å². The molecule has 2 heterocycles. The zero-order chi connectivity index (χ0) is 14.1. The molecule has 3 rings (SSSR count). The number of fused-ring (bicyclic) bond motifs is 1. The van der Waals surface area contributed by atoms with E-state index >= 15 is 0 Å². The van der Waals surface area contributed by atoms with E-state index in [9.17, 15) is 4.79 Å². The van der Waals surface area contributed by atoms with Crippen LogP contribution in [0.25, 0.3) is 0 Å². The fourth-order valence-electron chi connectivity index (χ4n) is 2.53. The van der Waals surface area contributed by atoms with E-state index in [-0.39, 0.29) is 5.91 Å². The first kappa shape index (κ1) is 13.2. The van der Waals surface area contributed by atoms with E-state index in [1.54, 1.807) is 9.58 Å². The quantitative estimate of drug-likeness (QED) is 0.871. The molecule has 0 saturated heterocycles. The van der Waals surface area contributed by atoms with E-state index < -0.39 is 0 Å². The molecule has 1 amide bonds. The third-order valence-electron chi connectivity index (χ3n) is 3.66. The third kappa shape index (κ3) is 2.20. The molecular weight excluding hydrogens is 274 g/mol. The van der Waals surface area contributed by atoms with Crippen molar-refractivity contribution in [2.75, 3.05) is 13.1 Å². The van der Waals surface area contributed by atoms with E-state index in [1.165, 1.54) is 0 Å². The lowest BCUT2D eigenvalue weighted by Gasteiger charge is -2.24. The van der Waals surface area contributed by atoms with Crippen molar-refractivity contribution < 1.29 is 4.79 Å². The van der Waals surface area contributed by atoms with Crippen LogP contribution >= 0.6 is 11.6 Å². The molecule has 1 aromatic heterocycles. The predicted octanol–water partition coefficient (Wildman–Crippen LogP) is 2.60. The number of carbonyl (C=O) groups is 1. The van der Waals surface area contributed by atoms with Crippen molar-refractivity contribution >= 4 is 17.5 Å².